The minimum atomic E-state index is -0.650. The minimum absolute atomic E-state index is 0.203. The number of amides is 3. The number of imidazole rings is 1. The Balaban J connectivity index is 1.59. The highest BCUT2D eigenvalue weighted by molar-refractivity contribution is 14.1. The zero-order valence-corrected chi connectivity index (χ0v) is 20.5. The van der Waals surface area contributed by atoms with Crippen LogP contribution in [0.5, 0.6) is 0 Å². The topological polar surface area (TPSA) is 78.1 Å². The van der Waals surface area contributed by atoms with Gasteiger partial charge >= 0.3 is 6.03 Å². The molecule has 1 aliphatic heterocycles. The number of nitrogens with one attached hydrogen (secondary N) is 2. The fraction of sp³-hybridized carbons (Fsp3) is 0.320. The molecule has 0 spiro atoms. The van der Waals surface area contributed by atoms with Crippen LogP contribution in [0.1, 0.15) is 48.8 Å². The molecule has 2 heterocycles. The number of nitrogens with zero attached hydrogens (tertiary/aromatic N) is 2. The minimum Gasteiger partial charge on any atom is -0.340 e. The summed E-state index contributed by atoms with van der Waals surface area (Å²) in [5, 5.41) is 2.88. The average Bonchev–Trinajstić information content (AvgIpc) is 3.51. The van der Waals surface area contributed by atoms with E-state index in [9.17, 15) is 14.0 Å². The number of carbonyl (C=O) groups is 2. The number of hydrogen-bond acceptors (Lipinski definition) is 3. The highest BCUT2D eigenvalue weighted by Crippen LogP contribution is 2.41. The number of benzene rings is 2. The Kier molecular flexibility index (Phi) is 5.72. The summed E-state index contributed by atoms with van der Waals surface area (Å²) < 4.78 is 15.5. The Labute approximate surface area is 205 Å². The summed E-state index contributed by atoms with van der Waals surface area (Å²) in [5.41, 5.74) is 2.55. The van der Waals surface area contributed by atoms with Crippen LogP contribution in [0, 0.1) is 22.2 Å². The normalized spacial score (nSPS) is 20.1. The number of aromatic nitrogens is 2. The molecule has 3 amide bonds. The fourth-order valence-corrected chi connectivity index (χ4v) is 5.08. The van der Waals surface area contributed by atoms with E-state index in [2.05, 4.69) is 32.9 Å². The van der Waals surface area contributed by atoms with Gasteiger partial charge in [0.2, 0.25) is 0 Å². The molecule has 3 atom stereocenters. The standard InChI is InChI=1S/C25H24FIN4O2/c1-13(15-6-4-3-5-7-15)22(31-24(32)21(16-8-9-16)30-25(31)33)23-28-14(2)20(29-23)18-11-10-17(27)12-19(18)26/h3-7,10-13,16,21-22H,8-9H2,1-2H3,(H,28,29)(H,30,33)/t13-,21?,22-/m0/s1. The summed E-state index contributed by atoms with van der Waals surface area (Å²) in [7, 11) is 0. The lowest BCUT2D eigenvalue weighted by molar-refractivity contribution is -0.130. The number of urea groups is 1. The van der Waals surface area contributed by atoms with Crippen LogP contribution in [0.15, 0.2) is 48.5 Å². The van der Waals surface area contributed by atoms with Crippen molar-refractivity contribution in [1.29, 1.82) is 0 Å². The number of H-pyrrole nitrogens is 1. The molecule has 1 saturated heterocycles. The molecule has 1 aromatic heterocycles. The van der Waals surface area contributed by atoms with Gasteiger partial charge in [0.05, 0.1) is 11.4 Å². The number of hydrogen-bond donors (Lipinski definition) is 2. The predicted octanol–water partition coefficient (Wildman–Crippen LogP) is 5.30. The lowest BCUT2D eigenvalue weighted by Gasteiger charge is -2.29. The summed E-state index contributed by atoms with van der Waals surface area (Å²) in [6, 6.07) is 13.2. The summed E-state index contributed by atoms with van der Waals surface area (Å²) in [5.74, 6) is -0.118. The van der Waals surface area contributed by atoms with Gasteiger partial charge in [0, 0.05) is 15.1 Å². The molecule has 0 bridgehead atoms. The Bertz CT molecular complexity index is 1220. The van der Waals surface area contributed by atoms with Crippen molar-refractivity contribution < 1.29 is 14.0 Å². The van der Waals surface area contributed by atoms with E-state index in [4.69, 9.17) is 4.98 Å². The van der Waals surface area contributed by atoms with Gasteiger partial charge in [-0.2, -0.15) is 0 Å². The van der Waals surface area contributed by atoms with Crippen molar-refractivity contribution in [2.75, 3.05) is 0 Å². The maximum atomic E-state index is 14.7. The molecule has 1 aliphatic carbocycles. The van der Waals surface area contributed by atoms with E-state index in [-0.39, 0.29) is 23.6 Å². The van der Waals surface area contributed by atoms with Gasteiger partial charge in [-0.1, -0.05) is 37.3 Å². The molecule has 170 valence electrons. The second-order valence-electron chi connectivity index (χ2n) is 8.82. The number of rotatable bonds is 6. The maximum absolute atomic E-state index is 14.7. The molecule has 0 radical (unpaired) electrons. The highest BCUT2D eigenvalue weighted by atomic mass is 127. The zero-order valence-electron chi connectivity index (χ0n) is 18.3. The maximum Gasteiger partial charge on any atom is 0.325 e. The van der Waals surface area contributed by atoms with Crippen LogP contribution in [0.4, 0.5) is 9.18 Å². The predicted molar refractivity (Wildman–Crippen MR) is 131 cm³/mol. The van der Waals surface area contributed by atoms with Crippen LogP contribution in [-0.2, 0) is 4.79 Å². The molecular formula is C25H24FIN4O2. The molecule has 3 aromatic rings. The summed E-state index contributed by atoms with van der Waals surface area (Å²) in [4.78, 5) is 35.6. The Morgan fingerprint density at radius 1 is 1.15 bits per heavy atom. The van der Waals surface area contributed by atoms with E-state index in [1.807, 2.05) is 43.3 Å². The van der Waals surface area contributed by atoms with Crippen molar-refractivity contribution >= 4 is 34.5 Å². The first-order valence-electron chi connectivity index (χ1n) is 11.1. The second kappa shape index (κ2) is 8.55. The van der Waals surface area contributed by atoms with E-state index in [1.165, 1.54) is 11.0 Å². The molecule has 2 aromatic carbocycles. The number of carbonyl (C=O) groups excluding carboxylic acids is 2. The largest absolute Gasteiger partial charge is 0.340 e. The highest BCUT2D eigenvalue weighted by Gasteiger charge is 2.50. The van der Waals surface area contributed by atoms with Gasteiger partial charge in [-0.05, 0) is 72.0 Å². The van der Waals surface area contributed by atoms with E-state index in [0.717, 1.165) is 22.0 Å². The van der Waals surface area contributed by atoms with Gasteiger partial charge in [0.25, 0.3) is 5.91 Å². The second-order valence-corrected chi connectivity index (χ2v) is 10.1. The van der Waals surface area contributed by atoms with E-state index in [0.29, 0.717) is 22.8 Å². The van der Waals surface area contributed by atoms with E-state index in [1.54, 1.807) is 13.0 Å². The van der Waals surface area contributed by atoms with Gasteiger partial charge in [-0.25, -0.2) is 14.2 Å². The molecule has 6 nitrogen and oxygen atoms in total. The van der Waals surface area contributed by atoms with E-state index >= 15 is 0 Å². The SMILES string of the molecule is Cc1nc([C@H]([C@@H](C)c2ccccc2)N2C(=O)NC(C3CC3)C2=O)[nH]c1-c1ccc(I)cc1F. The first-order valence-corrected chi connectivity index (χ1v) is 12.1. The van der Waals surface area contributed by atoms with E-state index < -0.39 is 18.1 Å². The van der Waals surface area contributed by atoms with Crippen LogP contribution in [-0.4, -0.2) is 32.8 Å². The Morgan fingerprint density at radius 2 is 1.88 bits per heavy atom. The van der Waals surface area contributed by atoms with Crippen LogP contribution >= 0.6 is 22.6 Å². The molecule has 2 aliphatic rings. The molecule has 2 fully saturated rings. The smallest absolute Gasteiger partial charge is 0.325 e. The Hall–Kier alpha value is -2.75. The van der Waals surface area contributed by atoms with Crippen LogP contribution < -0.4 is 5.32 Å². The summed E-state index contributed by atoms with van der Waals surface area (Å²) in [6.45, 7) is 3.78. The number of imide groups is 1. The van der Waals surface area contributed by atoms with Crippen molar-refractivity contribution in [3.05, 3.63) is 75.0 Å². The lowest BCUT2D eigenvalue weighted by Crippen LogP contribution is -2.38. The first kappa shape index (κ1) is 22.1. The lowest BCUT2D eigenvalue weighted by atomic mass is 9.91. The number of aromatic amines is 1. The van der Waals surface area contributed by atoms with Gasteiger partial charge in [-0.3, -0.25) is 9.69 Å². The summed E-state index contributed by atoms with van der Waals surface area (Å²) >= 11 is 2.07. The average molecular weight is 558 g/mol. The molecule has 33 heavy (non-hydrogen) atoms. The van der Waals surface area contributed by atoms with Crippen molar-refractivity contribution in [2.24, 2.45) is 5.92 Å². The van der Waals surface area contributed by atoms with Crippen molar-refractivity contribution in [3.8, 4) is 11.3 Å². The third-order valence-corrected chi connectivity index (χ3v) is 7.23. The van der Waals surface area contributed by atoms with Crippen LogP contribution in [0.2, 0.25) is 0 Å². The van der Waals surface area contributed by atoms with Gasteiger partial charge in [0.1, 0.15) is 23.7 Å². The first-order chi connectivity index (χ1) is 15.8. The molecule has 5 rings (SSSR count). The van der Waals surface area contributed by atoms with Crippen molar-refractivity contribution in [3.63, 3.8) is 0 Å². The molecule has 8 heteroatoms. The van der Waals surface area contributed by atoms with Gasteiger partial charge in [-0.15, -0.1) is 0 Å². The third-order valence-electron chi connectivity index (χ3n) is 6.56. The number of halogens is 2. The molecule has 2 N–H and O–H groups in total. The number of aryl methyl sites for hydroxylation is 1. The van der Waals surface area contributed by atoms with Gasteiger partial charge < -0.3 is 10.3 Å². The Morgan fingerprint density at radius 3 is 2.55 bits per heavy atom. The molecule has 1 saturated carbocycles. The van der Waals surface area contributed by atoms with Crippen LogP contribution in [0.25, 0.3) is 11.3 Å². The molecular weight excluding hydrogens is 534 g/mol. The van der Waals surface area contributed by atoms with Gasteiger partial charge in [0.15, 0.2) is 0 Å². The fourth-order valence-electron chi connectivity index (χ4n) is 4.63. The summed E-state index contributed by atoms with van der Waals surface area (Å²) in [6.07, 6.45) is 1.89. The molecule has 1 unspecified atom stereocenters. The monoisotopic (exact) mass is 558 g/mol. The third kappa shape index (κ3) is 4.05. The zero-order chi connectivity index (χ0) is 23.3. The van der Waals surface area contributed by atoms with Crippen molar-refractivity contribution in [2.45, 2.75) is 44.7 Å². The van der Waals surface area contributed by atoms with Crippen LogP contribution in [0.3, 0.4) is 0 Å². The van der Waals surface area contributed by atoms with Crippen molar-refractivity contribution in [1.82, 2.24) is 20.2 Å². The quantitative estimate of drug-likeness (QED) is 0.318.